The van der Waals surface area contributed by atoms with Crippen LogP contribution in [0.25, 0.3) is 0 Å². The molecular formula is C20H23ClN2O3S. The van der Waals surface area contributed by atoms with Crippen LogP contribution in [0.4, 0.5) is 5.69 Å². The standard InChI is InChI=1S/C20H23ClN2O3S/c1-22(2)10-11-23-16-9-6-14(21)12-17(16)27-19(18(24)20(23)25)13-4-7-15(26-3)8-5-13/h4-9,12,18-19,24H,10-11H2,1-3H3/t18-,19-/m0/s1. The number of aliphatic hydroxyl groups excluding tert-OH is 1. The zero-order valence-electron chi connectivity index (χ0n) is 15.6. The van der Waals surface area contributed by atoms with E-state index in [1.54, 1.807) is 18.1 Å². The minimum Gasteiger partial charge on any atom is -0.497 e. The summed E-state index contributed by atoms with van der Waals surface area (Å²) in [6, 6.07) is 12.9. The predicted octanol–water partition coefficient (Wildman–Crippen LogP) is 3.45. The summed E-state index contributed by atoms with van der Waals surface area (Å²) in [5.74, 6) is 0.431. The van der Waals surface area contributed by atoms with E-state index < -0.39 is 11.4 Å². The molecule has 144 valence electrons. The number of methoxy groups -OCH3 is 1. The van der Waals surface area contributed by atoms with Gasteiger partial charge in [-0.25, -0.2) is 0 Å². The number of ether oxygens (including phenoxy) is 1. The fourth-order valence-electron chi connectivity index (χ4n) is 2.99. The van der Waals surface area contributed by atoms with Gasteiger partial charge in [-0.15, -0.1) is 11.8 Å². The fraction of sp³-hybridized carbons (Fsp3) is 0.350. The number of carbonyl (C=O) groups is 1. The van der Waals surface area contributed by atoms with Gasteiger partial charge in [0, 0.05) is 23.0 Å². The van der Waals surface area contributed by atoms with E-state index in [9.17, 15) is 9.90 Å². The molecule has 1 N–H and O–H groups in total. The number of likely N-dealkylation sites (N-methyl/N-ethyl adjacent to an activating group) is 1. The normalized spacial score (nSPS) is 19.8. The third-order valence-electron chi connectivity index (χ3n) is 4.49. The van der Waals surface area contributed by atoms with Crippen LogP contribution in [0.3, 0.4) is 0 Å². The first-order chi connectivity index (χ1) is 12.9. The minimum absolute atomic E-state index is 0.300. The quantitative estimate of drug-likeness (QED) is 0.824. The van der Waals surface area contributed by atoms with Crippen LogP contribution in [0, 0.1) is 0 Å². The van der Waals surface area contributed by atoms with Gasteiger partial charge in [-0.05, 0) is 50.0 Å². The average Bonchev–Trinajstić information content (AvgIpc) is 2.75. The van der Waals surface area contributed by atoms with Crippen LogP contribution in [0.1, 0.15) is 10.8 Å². The highest BCUT2D eigenvalue weighted by atomic mass is 35.5. The maximum Gasteiger partial charge on any atom is 0.257 e. The van der Waals surface area contributed by atoms with E-state index in [0.29, 0.717) is 18.1 Å². The predicted molar refractivity (Wildman–Crippen MR) is 110 cm³/mol. The second kappa shape index (κ2) is 8.52. The van der Waals surface area contributed by atoms with E-state index in [-0.39, 0.29) is 5.91 Å². The molecule has 0 aliphatic carbocycles. The van der Waals surface area contributed by atoms with Crippen molar-refractivity contribution in [1.82, 2.24) is 4.90 Å². The Morgan fingerprint density at radius 3 is 2.56 bits per heavy atom. The number of nitrogens with zero attached hydrogens (tertiary/aromatic N) is 2. The number of amides is 1. The van der Waals surface area contributed by atoms with Gasteiger partial charge in [0.25, 0.3) is 5.91 Å². The first-order valence-electron chi connectivity index (χ1n) is 8.65. The van der Waals surface area contributed by atoms with Gasteiger partial charge in [-0.1, -0.05) is 23.7 Å². The zero-order chi connectivity index (χ0) is 19.6. The highest BCUT2D eigenvalue weighted by Gasteiger charge is 2.37. The molecule has 0 saturated heterocycles. The molecule has 2 aromatic carbocycles. The lowest BCUT2D eigenvalue weighted by Crippen LogP contribution is -2.43. The summed E-state index contributed by atoms with van der Waals surface area (Å²) in [5.41, 5.74) is 1.65. The van der Waals surface area contributed by atoms with Gasteiger partial charge in [-0.3, -0.25) is 4.79 Å². The first kappa shape index (κ1) is 20.0. The number of aliphatic hydroxyl groups is 1. The Labute approximate surface area is 168 Å². The molecule has 0 fully saturated rings. The summed E-state index contributed by atoms with van der Waals surface area (Å²) >= 11 is 7.66. The van der Waals surface area contributed by atoms with Crippen molar-refractivity contribution in [2.75, 3.05) is 39.2 Å². The first-order valence-corrected chi connectivity index (χ1v) is 9.91. The lowest BCUT2D eigenvalue weighted by molar-refractivity contribution is -0.126. The molecule has 1 aliphatic heterocycles. The van der Waals surface area contributed by atoms with Crippen molar-refractivity contribution < 1.29 is 14.6 Å². The molecule has 1 heterocycles. The molecule has 0 aromatic heterocycles. The van der Waals surface area contributed by atoms with E-state index in [1.807, 2.05) is 55.4 Å². The van der Waals surface area contributed by atoms with Crippen molar-refractivity contribution in [2.24, 2.45) is 0 Å². The molecular weight excluding hydrogens is 384 g/mol. The summed E-state index contributed by atoms with van der Waals surface area (Å²) in [4.78, 5) is 17.6. The smallest absolute Gasteiger partial charge is 0.257 e. The largest absolute Gasteiger partial charge is 0.497 e. The molecule has 1 amide bonds. The number of carbonyl (C=O) groups excluding carboxylic acids is 1. The van der Waals surface area contributed by atoms with Crippen LogP contribution in [-0.2, 0) is 4.79 Å². The topological polar surface area (TPSA) is 53.0 Å². The summed E-state index contributed by atoms with van der Waals surface area (Å²) < 4.78 is 5.21. The number of rotatable bonds is 5. The SMILES string of the molecule is COc1ccc([C@@H]2Sc3cc(Cl)ccc3N(CCN(C)C)C(=O)[C@H]2O)cc1. The lowest BCUT2D eigenvalue weighted by atomic mass is 10.1. The molecule has 0 unspecified atom stereocenters. The molecule has 2 aromatic rings. The van der Waals surface area contributed by atoms with Gasteiger partial charge in [0.05, 0.1) is 18.0 Å². The van der Waals surface area contributed by atoms with Gasteiger partial charge in [0.1, 0.15) is 11.9 Å². The monoisotopic (exact) mass is 406 g/mol. The average molecular weight is 407 g/mol. The highest BCUT2D eigenvalue weighted by Crippen LogP contribution is 2.46. The van der Waals surface area contributed by atoms with Crippen molar-refractivity contribution in [3.8, 4) is 5.75 Å². The third-order valence-corrected chi connectivity index (χ3v) is 6.09. The highest BCUT2D eigenvalue weighted by molar-refractivity contribution is 7.99. The zero-order valence-corrected chi connectivity index (χ0v) is 17.1. The molecule has 0 bridgehead atoms. The molecule has 0 radical (unpaired) electrons. The Kier molecular flexibility index (Phi) is 6.32. The Balaban J connectivity index is 2.01. The lowest BCUT2D eigenvalue weighted by Gasteiger charge is -2.26. The number of halogens is 1. The van der Waals surface area contributed by atoms with E-state index in [1.165, 1.54) is 11.8 Å². The number of hydrogen-bond donors (Lipinski definition) is 1. The van der Waals surface area contributed by atoms with E-state index in [2.05, 4.69) is 0 Å². The van der Waals surface area contributed by atoms with Crippen LogP contribution in [0.15, 0.2) is 47.4 Å². The molecule has 5 nitrogen and oxygen atoms in total. The molecule has 27 heavy (non-hydrogen) atoms. The number of hydrogen-bond acceptors (Lipinski definition) is 5. The molecule has 2 atom stereocenters. The second-order valence-electron chi connectivity index (χ2n) is 6.66. The van der Waals surface area contributed by atoms with Crippen LogP contribution in [0.5, 0.6) is 5.75 Å². The third kappa shape index (κ3) is 4.41. The van der Waals surface area contributed by atoms with Crippen molar-refractivity contribution in [3.63, 3.8) is 0 Å². The van der Waals surface area contributed by atoms with E-state index >= 15 is 0 Å². The van der Waals surface area contributed by atoms with Crippen LogP contribution in [0.2, 0.25) is 5.02 Å². The summed E-state index contributed by atoms with van der Waals surface area (Å²) in [6.45, 7) is 1.19. The molecule has 7 heteroatoms. The number of benzene rings is 2. The van der Waals surface area contributed by atoms with Crippen LogP contribution in [-0.4, -0.2) is 56.3 Å². The molecule has 0 spiro atoms. The van der Waals surface area contributed by atoms with Gasteiger partial charge in [-0.2, -0.15) is 0 Å². The van der Waals surface area contributed by atoms with Crippen molar-refractivity contribution in [1.29, 1.82) is 0 Å². The van der Waals surface area contributed by atoms with Crippen molar-refractivity contribution >= 4 is 35.0 Å². The van der Waals surface area contributed by atoms with Crippen LogP contribution >= 0.6 is 23.4 Å². The second-order valence-corrected chi connectivity index (χ2v) is 8.28. The Morgan fingerprint density at radius 2 is 1.93 bits per heavy atom. The minimum atomic E-state index is -1.16. The number of anilines is 1. The maximum absolute atomic E-state index is 13.1. The Hall–Kier alpha value is -1.73. The summed E-state index contributed by atoms with van der Waals surface area (Å²) in [5, 5.41) is 11.1. The summed E-state index contributed by atoms with van der Waals surface area (Å²) in [7, 11) is 5.52. The van der Waals surface area contributed by atoms with Crippen molar-refractivity contribution in [2.45, 2.75) is 16.2 Å². The molecule has 3 rings (SSSR count). The van der Waals surface area contributed by atoms with Gasteiger partial charge < -0.3 is 19.6 Å². The van der Waals surface area contributed by atoms with E-state index in [4.69, 9.17) is 16.3 Å². The van der Waals surface area contributed by atoms with Crippen molar-refractivity contribution in [3.05, 3.63) is 53.1 Å². The van der Waals surface area contributed by atoms with E-state index in [0.717, 1.165) is 21.9 Å². The van der Waals surface area contributed by atoms with Gasteiger partial charge >= 0.3 is 0 Å². The van der Waals surface area contributed by atoms with Gasteiger partial charge in [0.15, 0.2) is 0 Å². The van der Waals surface area contributed by atoms with Crippen LogP contribution < -0.4 is 9.64 Å². The summed E-state index contributed by atoms with van der Waals surface area (Å²) in [6.07, 6.45) is -1.16. The maximum atomic E-state index is 13.1. The number of thioether (sulfide) groups is 1. The number of fused-ring (bicyclic) bond motifs is 1. The fourth-order valence-corrected chi connectivity index (χ4v) is 4.53. The van der Waals surface area contributed by atoms with Gasteiger partial charge in [0.2, 0.25) is 0 Å². The molecule has 1 aliphatic rings. The Morgan fingerprint density at radius 1 is 1.22 bits per heavy atom. The Bertz CT molecular complexity index is 813. The molecule has 0 saturated carbocycles.